The van der Waals surface area contributed by atoms with Gasteiger partial charge in [-0.2, -0.15) is 15.0 Å². The molecule has 8 heteroatoms. The number of anilines is 1. The third kappa shape index (κ3) is 3.20. The number of aliphatic hydroxyl groups is 2. The third-order valence-corrected chi connectivity index (χ3v) is 2.04. The first-order chi connectivity index (χ1) is 6.91. The van der Waals surface area contributed by atoms with Gasteiger partial charge >= 0.3 is 0 Å². The van der Waals surface area contributed by atoms with Gasteiger partial charge in [-0.3, -0.25) is 4.90 Å². The van der Waals surface area contributed by atoms with Crippen LogP contribution in [0.5, 0.6) is 0 Å². The largest absolute Gasteiger partial charge is 0.374 e. The Labute approximate surface area is 98.2 Å². The number of thiol groups is 2. The first-order valence-corrected chi connectivity index (χ1v) is 5.09. The van der Waals surface area contributed by atoms with Gasteiger partial charge in [-0.05, 0) is 13.8 Å². The van der Waals surface area contributed by atoms with E-state index in [0.29, 0.717) is 0 Å². The van der Waals surface area contributed by atoms with Gasteiger partial charge in [-0.1, -0.05) is 0 Å². The molecule has 2 unspecified atom stereocenters. The monoisotopic (exact) mass is 248 g/mol. The van der Waals surface area contributed by atoms with E-state index < -0.39 is 12.5 Å². The van der Waals surface area contributed by atoms with Gasteiger partial charge in [-0.25, -0.2) is 0 Å². The zero-order valence-electron chi connectivity index (χ0n) is 8.23. The standard InChI is InChI=1S/C7H12N4O2S2/c1-3(12)11(4(2)13)5-8-6(14)10-7(15)9-5/h3-4,12-13H,1-2H3,(H2,8,9,10,14,15). The van der Waals surface area contributed by atoms with Crippen LogP contribution in [-0.4, -0.2) is 37.6 Å². The maximum atomic E-state index is 9.43. The summed E-state index contributed by atoms with van der Waals surface area (Å²) in [7, 11) is 0. The predicted molar refractivity (Wildman–Crippen MR) is 60.2 cm³/mol. The lowest BCUT2D eigenvalue weighted by Gasteiger charge is -2.28. The van der Waals surface area contributed by atoms with Crippen LogP contribution in [0.3, 0.4) is 0 Å². The van der Waals surface area contributed by atoms with Crippen molar-refractivity contribution in [3.05, 3.63) is 0 Å². The molecule has 0 aromatic carbocycles. The molecule has 84 valence electrons. The second kappa shape index (κ2) is 4.97. The van der Waals surface area contributed by atoms with Crippen LogP contribution in [0.1, 0.15) is 13.8 Å². The van der Waals surface area contributed by atoms with Crippen LogP contribution in [0.2, 0.25) is 0 Å². The van der Waals surface area contributed by atoms with Gasteiger partial charge in [0.25, 0.3) is 0 Å². The molecule has 0 aliphatic carbocycles. The summed E-state index contributed by atoms with van der Waals surface area (Å²) in [5.74, 6) is 0.130. The number of hydrogen-bond donors (Lipinski definition) is 4. The van der Waals surface area contributed by atoms with E-state index in [-0.39, 0.29) is 16.3 Å². The highest BCUT2D eigenvalue weighted by Crippen LogP contribution is 2.15. The Kier molecular flexibility index (Phi) is 4.14. The van der Waals surface area contributed by atoms with Crippen molar-refractivity contribution in [2.45, 2.75) is 36.6 Å². The van der Waals surface area contributed by atoms with E-state index in [4.69, 9.17) is 0 Å². The molecule has 1 aromatic heterocycles. The number of hydrogen-bond acceptors (Lipinski definition) is 8. The summed E-state index contributed by atoms with van der Waals surface area (Å²) in [6, 6.07) is 0. The maximum absolute atomic E-state index is 9.43. The minimum Gasteiger partial charge on any atom is -0.374 e. The van der Waals surface area contributed by atoms with E-state index in [1.807, 2.05) is 0 Å². The Morgan fingerprint density at radius 3 is 1.73 bits per heavy atom. The van der Waals surface area contributed by atoms with Crippen molar-refractivity contribution in [1.29, 1.82) is 0 Å². The van der Waals surface area contributed by atoms with Crippen molar-refractivity contribution in [2.24, 2.45) is 0 Å². The minimum atomic E-state index is -0.923. The molecular formula is C7H12N4O2S2. The average Bonchev–Trinajstić information content (AvgIpc) is 1.99. The summed E-state index contributed by atoms with van der Waals surface area (Å²) in [6.45, 7) is 2.99. The highest BCUT2D eigenvalue weighted by molar-refractivity contribution is 7.80. The molecule has 2 atom stereocenters. The second-order valence-corrected chi connectivity index (χ2v) is 3.71. The molecular weight excluding hydrogens is 236 g/mol. The maximum Gasteiger partial charge on any atom is 0.234 e. The Morgan fingerprint density at radius 1 is 1.00 bits per heavy atom. The predicted octanol–water partition coefficient (Wildman–Crippen LogP) is -0.0680. The van der Waals surface area contributed by atoms with Gasteiger partial charge in [0.15, 0.2) is 10.3 Å². The first-order valence-electron chi connectivity index (χ1n) is 4.20. The van der Waals surface area contributed by atoms with E-state index in [9.17, 15) is 10.2 Å². The van der Waals surface area contributed by atoms with Crippen molar-refractivity contribution in [1.82, 2.24) is 15.0 Å². The van der Waals surface area contributed by atoms with Crippen LogP contribution in [-0.2, 0) is 0 Å². The van der Waals surface area contributed by atoms with Crippen molar-refractivity contribution < 1.29 is 10.2 Å². The highest BCUT2D eigenvalue weighted by atomic mass is 32.1. The average molecular weight is 248 g/mol. The zero-order chi connectivity index (χ0) is 11.6. The molecule has 0 aliphatic heterocycles. The Balaban J connectivity index is 3.11. The quantitative estimate of drug-likeness (QED) is 0.443. The molecule has 0 radical (unpaired) electrons. The van der Waals surface area contributed by atoms with Crippen molar-refractivity contribution in [2.75, 3.05) is 4.90 Å². The summed E-state index contributed by atoms with van der Waals surface area (Å²) < 4.78 is 0. The normalized spacial score (nSPS) is 14.8. The fourth-order valence-electron chi connectivity index (χ4n) is 1.11. The Bertz CT molecular complexity index is 320. The summed E-state index contributed by atoms with van der Waals surface area (Å²) in [4.78, 5) is 12.7. The molecule has 6 nitrogen and oxygen atoms in total. The molecule has 0 fully saturated rings. The van der Waals surface area contributed by atoms with E-state index in [2.05, 4.69) is 40.2 Å². The molecule has 15 heavy (non-hydrogen) atoms. The van der Waals surface area contributed by atoms with Gasteiger partial charge in [0, 0.05) is 0 Å². The van der Waals surface area contributed by atoms with Crippen molar-refractivity contribution >= 4 is 31.2 Å². The zero-order valence-corrected chi connectivity index (χ0v) is 10.0. The lowest BCUT2D eigenvalue weighted by atomic mass is 10.4. The molecule has 0 bridgehead atoms. The smallest absolute Gasteiger partial charge is 0.234 e. The van der Waals surface area contributed by atoms with E-state index >= 15 is 0 Å². The lowest BCUT2D eigenvalue weighted by molar-refractivity contribution is 0.102. The van der Waals surface area contributed by atoms with Gasteiger partial charge in [-0.15, -0.1) is 25.3 Å². The molecule has 0 aliphatic rings. The van der Waals surface area contributed by atoms with Crippen LogP contribution in [0.4, 0.5) is 5.95 Å². The molecule has 0 saturated heterocycles. The van der Waals surface area contributed by atoms with Crippen molar-refractivity contribution in [3.63, 3.8) is 0 Å². The van der Waals surface area contributed by atoms with E-state index in [1.165, 1.54) is 18.7 Å². The molecule has 2 N–H and O–H groups in total. The van der Waals surface area contributed by atoms with Gasteiger partial charge in [0.2, 0.25) is 5.95 Å². The summed E-state index contributed by atoms with van der Waals surface area (Å²) >= 11 is 7.91. The van der Waals surface area contributed by atoms with Crippen LogP contribution < -0.4 is 4.90 Å². The molecule has 0 amide bonds. The Morgan fingerprint density at radius 2 is 1.40 bits per heavy atom. The van der Waals surface area contributed by atoms with Crippen LogP contribution >= 0.6 is 25.3 Å². The first kappa shape index (κ1) is 12.5. The molecule has 1 aromatic rings. The van der Waals surface area contributed by atoms with E-state index in [1.54, 1.807) is 0 Å². The molecule has 1 heterocycles. The minimum absolute atomic E-state index is 0.130. The highest BCUT2D eigenvalue weighted by Gasteiger charge is 2.20. The van der Waals surface area contributed by atoms with E-state index in [0.717, 1.165) is 0 Å². The number of nitrogens with zero attached hydrogens (tertiary/aromatic N) is 4. The molecule has 0 saturated carbocycles. The summed E-state index contributed by atoms with van der Waals surface area (Å²) in [6.07, 6.45) is -1.85. The fraction of sp³-hybridized carbons (Fsp3) is 0.571. The number of aliphatic hydroxyl groups excluding tert-OH is 2. The number of rotatable bonds is 3. The number of aromatic nitrogens is 3. The summed E-state index contributed by atoms with van der Waals surface area (Å²) in [5.41, 5.74) is 0. The topological polar surface area (TPSA) is 82.4 Å². The fourth-order valence-corrected chi connectivity index (χ4v) is 1.55. The third-order valence-electron chi connectivity index (χ3n) is 1.64. The van der Waals surface area contributed by atoms with Crippen LogP contribution in [0.15, 0.2) is 10.3 Å². The molecule has 1 rings (SSSR count). The van der Waals surface area contributed by atoms with Crippen molar-refractivity contribution in [3.8, 4) is 0 Å². The van der Waals surface area contributed by atoms with Gasteiger partial charge in [0.1, 0.15) is 12.5 Å². The lowest BCUT2D eigenvalue weighted by Crippen LogP contribution is -2.41. The van der Waals surface area contributed by atoms with Gasteiger partial charge in [0.05, 0.1) is 0 Å². The Hall–Kier alpha value is -0.570. The van der Waals surface area contributed by atoms with Gasteiger partial charge < -0.3 is 10.2 Å². The second-order valence-electron chi connectivity index (χ2n) is 2.91. The molecule has 0 spiro atoms. The van der Waals surface area contributed by atoms with Crippen LogP contribution in [0, 0.1) is 0 Å². The van der Waals surface area contributed by atoms with Crippen LogP contribution in [0.25, 0.3) is 0 Å². The summed E-state index contributed by atoms with van der Waals surface area (Å²) in [5, 5.41) is 19.2. The SMILES string of the molecule is CC(O)N(c1nc(S)nc(S)n1)C(C)O.